The van der Waals surface area contributed by atoms with Crippen molar-refractivity contribution in [3.63, 3.8) is 0 Å². The number of hydrogen-bond acceptors (Lipinski definition) is 7. The molecule has 0 bridgehead atoms. The maximum absolute atomic E-state index is 14.0. The zero-order valence-corrected chi connectivity index (χ0v) is 19.3. The van der Waals surface area contributed by atoms with E-state index in [0.29, 0.717) is 11.0 Å². The second kappa shape index (κ2) is 9.05. The molecular formula is C27H17F3O7. The number of furan rings is 1. The average Bonchev–Trinajstić information content (AvgIpc) is 3.32. The number of para-hydroxylation sites is 1. The first-order chi connectivity index (χ1) is 17.7. The number of esters is 1. The van der Waals surface area contributed by atoms with Crippen molar-refractivity contribution in [2.75, 3.05) is 14.2 Å². The monoisotopic (exact) mass is 510 g/mol. The van der Waals surface area contributed by atoms with Gasteiger partial charge in [-0.15, -0.1) is 0 Å². The molecule has 10 heteroatoms. The Morgan fingerprint density at radius 3 is 2.30 bits per heavy atom. The van der Waals surface area contributed by atoms with Crippen LogP contribution in [-0.4, -0.2) is 20.2 Å². The highest BCUT2D eigenvalue weighted by molar-refractivity contribution is 5.94. The molecule has 7 nitrogen and oxygen atoms in total. The van der Waals surface area contributed by atoms with Crippen LogP contribution in [0, 0.1) is 0 Å². The second-order valence-electron chi connectivity index (χ2n) is 7.90. The third-order valence-electron chi connectivity index (χ3n) is 5.63. The quantitative estimate of drug-likeness (QED) is 0.198. The molecule has 0 N–H and O–H groups in total. The molecule has 5 rings (SSSR count). The molecule has 0 saturated heterocycles. The zero-order chi connectivity index (χ0) is 26.3. The summed E-state index contributed by atoms with van der Waals surface area (Å²) in [6.07, 6.45) is -5.00. The van der Waals surface area contributed by atoms with Crippen molar-refractivity contribution in [3.05, 3.63) is 88.5 Å². The lowest BCUT2D eigenvalue weighted by atomic mass is 10.0. The first-order valence-corrected chi connectivity index (χ1v) is 10.8. The Bertz CT molecular complexity index is 1680. The number of benzene rings is 3. The maximum Gasteiger partial charge on any atom is 0.450 e. The molecule has 0 radical (unpaired) electrons. The van der Waals surface area contributed by atoms with E-state index < -0.39 is 34.5 Å². The number of carbonyl (C=O) groups is 1. The summed E-state index contributed by atoms with van der Waals surface area (Å²) in [6, 6.07) is 15.9. The van der Waals surface area contributed by atoms with Gasteiger partial charge in [0, 0.05) is 11.5 Å². The number of carbonyl (C=O) groups excluding carboxylic acids is 1. The van der Waals surface area contributed by atoms with Crippen LogP contribution in [0.25, 0.3) is 33.1 Å². The number of alkyl halides is 3. The van der Waals surface area contributed by atoms with Gasteiger partial charge in [-0.25, -0.2) is 4.79 Å². The first kappa shape index (κ1) is 24.0. The van der Waals surface area contributed by atoms with Gasteiger partial charge in [0.25, 0.3) is 0 Å². The predicted octanol–water partition coefficient (Wildman–Crippen LogP) is 6.46. The number of fused-ring (bicyclic) bond motifs is 2. The van der Waals surface area contributed by atoms with Crippen LogP contribution in [-0.2, 0) is 6.18 Å². The topological polar surface area (TPSA) is 88.1 Å². The molecule has 0 aliphatic carbocycles. The van der Waals surface area contributed by atoms with Crippen LogP contribution in [0.3, 0.4) is 0 Å². The van der Waals surface area contributed by atoms with E-state index in [1.807, 2.05) is 0 Å². The predicted molar refractivity (Wildman–Crippen MR) is 127 cm³/mol. The third kappa shape index (κ3) is 4.37. The smallest absolute Gasteiger partial charge is 0.450 e. The fraction of sp³-hybridized carbons (Fsp3) is 0.111. The van der Waals surface area contributed by atoms with Gasteiger partial charge in [-0.2, -0.15) is 13.2 Å². The Balaban J connectivity index is 1.58. The Morgan fingerprint density at radius 2 is 1.59 bits per heavy atom. The molecule has 188 valence electrons. The maximum atomic E-state index is 14.0. The fourth-order valence-corrected chi connectivity index (χ4v) is 3.93. The average molecular weight is 510 g/mol. The molecule has 2 heterocycles. The molecule has 0 spiro atoms. The number of methoxy groups -OCH3 is 2. The Labute approximate surface area is 206 Å². The molecule has 0 aliphatic rings. The summed E-state index contributed by atoms with van der Waals surface area (Å²) in [6.45, 7) is 0. The summed E-state index contributed by atoms with van der Waals surface area (Å²) in [7, 11) is 2.70. The van der Waals surface area contributed by atoms with E-state index in [-0.39, 0.29) is 34.0 Å². The highest BCUT2D eigenvalue weighted by Gasteiger charge is 2.39. The highest BCUT2D eigenvalue weighted by Crippen LogP contribution is 2.40. The van der Waals surface area contributed by atoms with Gasteiger partial charge < -0.3 is 23.0 Å². The van der Waals surface area contributed by atoms with Crippen molar-refractivity contribution < 1.29 is 41.0 Å². The summed E-state index contributed by atoms with van der Waals surface area (Å²) in [5.74, 6) is -2.18. The number of rotatable bonds is 5. The van der Waals surface area contributed by atoms with E-state index >= 15 is 0 Å². The summed E-state index contributed by atoms with van der Waals surface area (Å²) in [4.78, 5) is 25.8. The summed E-state index contributed by atoms with van der Waals surface area (Å²) in [5, 5.41) is 0.540. The molecule has 0 unspecified atom stereocenters. The van der Waals surface area contributed by atoms with Gasteiger partial charge in [-0.1, -0.05) is 24.3 Å². The van der Waals surface area contributed by atoms with Gasteiger partial charge in [0.05, 0.1) is 25.2 Å². The van der Waals surface area contributed by atoms with Gasteiger partial charge in [0.2, 0.25) is 16.9 Å². The molecule has 3 aromatic carbocycles. The van der Waals surface area contributed by atoms with Crippen LogP contribution >= 0.6 is 0 Å². The molecule has 0 saturated carbocycles. The SMILES string of the molecule is COc1ccc(-c2c(C(F)(F)F)oc3cc(OC(=O)c4cc5ccccc5o4)ccc3c2=O)cc1OC. The van der Waals surface area contributed by atoms with E-state index in [1.165, 1.54) is 50.6 Å². The van der Waals surface area contributed by atoms with E-state index in [1.54, 1.807) is 24.3 Å². The van der Waals surface area contributed by atoms with Gasteiger partial charge in [-0.05, 0) is 42.0 Å². The molecular weight excluding hydrogens is 493 g/mol. The number of hydrogen-bond donors (Lipinski definition) is 0. The second-order valence-corrected chi connectivity index (χ2v) is 7.90. The van der Waals surface area contributed by atoms with Crippen LogP contribution in [0.2, 0.25) is 0 Å². The molecule has 0 amide bonds. The first-order valence-electron chi connectivity index (χ1n) is 10.8. The zero-order valence-electron chi connectivity index (χ0n) is 19.3. The largest absolute Gasteiger partial charge is 0.493 e. The molecule has 0 fully saturated rings. The van der Waals surface area contributed by atoms with Gasteiger partial charge in [-0.3, -0.25) is 4.79 Å². The minimum absolute atomic E-state index is 0.0685. The molecule has 37 heavy (non-hydrogen) atoms. The van der Waals surface area contributed by atoms with E-state index in [2.05, 4.69) is 0 Å². The normalized spacial score (nSPS) is 11.6. The van der Waals surface area contributed by atoms with Crippen LogP contribution in [0.5, 0.6) is 17.2 Å². The van der Waals surface area contributed by atoms with Crippen LogP contribution in [0.4, 0.5) is 13.2 Å². The van der Waals surface area contributed by atoms with Crippen molar-refractivity contribution in [3.8, 4) is 28.4 Å². The van der Waals surface area contributed by atoms with Crippen LogP contribution in [0.1, 0.15) is 16.3 Å². The molecule has 0 aliphatic heterocycles. The van der Waals surface area contributed by atoms with Gasteiger partial charge in [0.1, 0.15) is 16.9 Å². The Morgan fingerprint density at radius 1 is 0.838 bits per heavy atom. The van der Waals surface area contributed by atoms with Crippen LogP contribution < -0.4 is 19.6 Å². The number of halogens is 3. The third-order valence-corrected chi connectivity index (χ3v) is 5.63. The van der Waals surface area contributed by atoms with E-state index in [0.717, 1.165) is 6.07 Å². The summed E-state index contributed by atoms with van der Waals surface area (Å²) < 4.78 is 68.2. The standard InChI is InChI=1S/C27H17F3O7/c1-33-19-10-7-15(12-21(19)34-2)23-24(31)17-9-8-16(13-20(17)37-25(23)27(28,29)30)35-26(32)22-11-14-5-3-4-6-18(14)36-22/h3-13H,1-2H3. The highest BCUT2D eigenvalue weighted by atomic mass is 19.4. The summed E-state index contributed by atoms with van der Waals surface area (Å²) in [5.41, 5.74) is -1.61. The Kier molecular flexibility index (Phi) is 5.87. The minimum atomic E-state index is -5.00. The molecule has 5 aromatic rings. The van der Waals surface area contributed by atoms with Crippen molar-refractivity contribution >= 4 is 27.9 Å². The van der Waals surface area contributed by atoms with Gasteiger partial charge in [0.15, 0.2) is 11.5 Å². The summed E-state index contributed by atoms with van der Waals surface area (Å²) >= 11 is 0. The van der Waals surface area contributed by atoms with E-state index in [4.69, 9.17) is 23.0 Å². The minimum Gasteiger partial charge on any atom is -0.493 e. The fourth-order valence-electron chi connectivity index (χ4n) is 3.93. The Hall–Kier alpha value is -4.73. The van der Waals surface area contributed by atoms with Crippen molar-refractivity contribution in [1.29, 1.82) is 0 Å². The lowest BCUT2D eigenvalue weighted by Gasteiger charge is -2.14. The van der Waals surface area contributed by atoms with Gasteiger partial charge >= 0.3 is 12.1 Å². The lowest BCUT2D eigenvalue weighted by Crippen LogP contribution is -2.16. The lowest BCUT2D eigenvalue weighted by molar-refractivity contribution is -0.152. The van der Waals surface area contributed by atoms with Crippen molar-refractivity contribution in [2.45, 2.75) is 6.18 Å². The number of ether oxygens (including phenoxy) is 3. The molecule has 2 aromatic heterocycles. The van der Waals surface area contributed by atoms with Crippen molar-refractivity contribution in [1.82, 2.24) is 0 Å². The van der Waals surface area contributed by atoms with Crippen molar-refractivity contribution in [2.24, 2.45) is 0 Å². The van der Waals surface area contributed by atoms with Crippen LogP contribution in [0.15, 0.2) is 80.4 Å². The van der Waals surface area contributed by atoms with E-state index in [9.17, 15) is 22.8 Å². The molecule has 0 atom stereocenters.